The molecule has 1 saturated carbocycles. The fraction of sp³-hybridized carbons (Fsp3) is 0.415. The van der Waals surface area contributed by atoms with Crippen LogP contribution in [0.5, 0.6) is 40.2 Å². The number of hydrogen-bond donors (Lipinski definition) is 3. The summed E-state index contributed by atoms with van der Waals surface area (Å²) in [5.74, 6) is -0.467. The third-order valence-corrected chi connectivity index (χ3v) is 13.5. The number of fused-ring (bicyclic) bond motifs is 3. The maximum absolute atomic E-state index is 15.1. The molecule has 0 unspecified atom stereocenters. The number of carbonyl (C=O) groups is 2. The Morgan fingerprint density at radius 1 is 0.903 bits per heavy atom. The summed E-state index contributed by atoms with van der Waals surface area (Å²) in [4.78, 5) is 47.3. The lowest BCUT2D eigenvalue weighted by Crippen LogP contribution is -2.70. The lowest BCUT2D eigenvalue weighted by atomic mass is 9.55. The molecule has 0 saturated heterocycles. The van der Waals surface area contributed by atoms with Gasteiger partial charge in [0.15, 0.2) is 11.5 Å². The maximum atomic E-state index is 15.1. The minimum absolute atomic E-state index is 0.00578. The van der Waals surface area contributed by atoms with Crippen LogP contribution in [0.3, 0.4) is 0 Å². The number of oxime groups is 1. The van der Waals surface area contributed by atoms with Gasteiger partial charge in [0.2, 0.25) is 12.6 Å². The van der Waals surface area contributed by atoms with E-state index in [1.807, 2.05) is 13.0 Å². The van der Waals surface area contributed by atoms with Gasteiger partial charge in [-0.25, -0.2) is 9.59 Å². The van der Waals surface area contributed by atoms with E-state index in [0.717, 1.165) is 12.0 Å². The zero-order valence-electron chi connectivity index (χ0n) is 40.5. The number of nitrogens with one attached hydrogen (secondary N) is 1. The predicted molar refractivity (Wildman–Crippen MR) is 263 cm³/mol. The van der Waals surface area contributed by atoms with Crippen molar-refractivity contribution in [1.82, 2.24) is 4.90 Å². The van der Waals surface area contributed by atoms with Crippen molar-refractivity contribution in [2.75, 3.05) is 52.8 Å². The monoisotopic (exact) mass is 992 g/mol. The number of allylic oxidation sites excluding steroid dienone is 1. The van der Waals surface area contributed by atoms with Crippen LogP contribution in [0.4, 0.5) is 21.0 Å². The molecule has 3 N–H and O–H groups in total. The molecule has 0 spiro atoms. The first-order valence-electron chi connectivity index (χ1n) is 24.1. The van der Waals surface area contributed by atoms with Crippen molar-refractivity contribution < 1.29 is 67.5 Å². The highest BCUT2D eigenvalue weighted by atomic mass is 16.7. The molecule has 382 valence electrons. The number of benzene rings is 4. The number of hydrogen-bond acceptors (Lipinski definition) is 16. The maximum Gasteiger partial charge on any atom is 0.417 e. The van der Waals surface area contributed by atoms with Crippen LogP contribution in [0.15, 0.2) is 108 Å². The molecular weight excluding hydrogens is 933 g/mol. The number of ether oxygens (including phenoxy) is 8. The summed E-state index contributed by atoms with van der Waals surface area (Å²) in [6, 6.07) is 19.7. The first kappa shape index (κ1) is 51.0. The van der Waals surface area contributed by atoms with Gasteiger partial charge >= 0.3 is 12.2 Å². The van der Waals surface area contributed by atoms with Crippen LogP contribution in [0.25, 0.3) is 0 Å². The van der Waals surface area contributed by atoms with E-state index in [4.69, 9.17) is 47.9 Å². The molecule has 6 atom stereocenters. The first-order valence-corrected chi connectivity index (χ1v) is 24.1. The third-order valence-electron chi connectivity index (χ3n) is 13.5. The Morgan fingerprint density at radius 3 is 2.36 bits per heavy atom. The number of unbranched alkanes of at least 4 members (excludes halogenated alkanes) is 2. The summed E-state index contributed by atoms with van der Waals surface area (Å²) < 4.78 is 48.7. The molecule has 0 aromatic heterocycles. The average molecular weight is 993 g/mol. The Hall–Kier alpha value is -7.35. The largest absolute Gasteiger partial charge is 0.497 e. The fourth-order valence-electron chi connectivity index (χ4n) is 10.3. The van der Waals surface area contributed by atoms with Crippen LogP contribution in [0.2, 0.25) is 0 Å². The van der Waals surface area contributed by atoms with Crippen molar-refractivity contribution >= 4 is 29.3 Å². The number of methoxy groups -OCH3 is 2. The number of rotatable bonds is 22. The van der Waals surface area contributed by atoms with E-state index in [9.17, 15) is 25.1 Å². The summed E-state index contributed by atoms with van der Waals surface area (Å²) >= 11 is 0. The van der Waals surface area contributed by atoms with Gasteiger partial charge in [0.25, 0.3) is 5.69 Å². The Bertz CT molecular complexity index is 2660. The Morgan fingerprint density at radius 2 is 1.64 bits per heavy atom. The normalized spacial score (nSPS) is 21.8. The number of nitro benzene ring substituents is 1. The Labute approximate surface area is 417 Å². The van der Waals surface area contributed by atoms with Crippen LogP contribution in [-0.2, 0) is 16.1 Å². The molecule has 4 aromatic carbocycles. The summed E-state index contributed by atoms with van der Waals surface area (Å²) in [6.45, 7) is 6.05. The van der Waals surface area contributed by atoms with Crippen LogP contribution < -0.4 is 38.5 Å². The van der Waals surface area contributed by atoms with E-state index in [2.05, 4.69) is 18.0 Å². The lowest BCUT2D eigenvalue weighted by molar-refractivity contribution is -0.384. The van der Waals surface area contributed by atoms with Gasteiger partial charge in [0.1, 0.15) is 41.4 Å². The van der Waals surface area contributed by atoms with Gasteiger partial charge in [-0.3, -0.25) is 20.3 Å². The molecule has 4 aliphatic rings. The number of non-ortho nitro benzene ring substituents is 1. The second-order valence-electron chi connectivity index (χ2n) is 17.7. The van der Waals surface area contributed by atoms with E-state index < -0.39 is 40.8 Å². The number of aliphatic hydroxyl groups excluding tert-OH is 2. The molecule has 2 aliphatic carbocycles. The zero-order valence-corrected chi connectivity index (χ0v) is 40.5. The van der Waals surface area contributed by atoms with Gasteiger partial charge < -0.3 is 52.9 Å². The highest BCUT2D eigenvalue weighted by Crippen LogP contribution is 2.62. The molecule has 0 bridgehead atoms. The predicted octanol–water partition coefficient (Wildman–Crippen LogP) is 9.31. The van der Waals surface area contributed by atoms with Gasteiger partial charge in [-0.2, -0.15) is 0 Å². The van der Waals surface area contributed by atoms with Crippen molar-refractivity contribution in [2.45, 2.75) is 76.2 Å². The number of amides is 2. The van der Waals surface area contributed by atoms with E-state index in [1.54, 1.807) is 54.6 Å². The molecule has 0 radical (unpaired) electrons. The molecule has 1 fully saturated rings. The molecular formula is C53H60N4O15. The second-order valence-corrected chi connectivity index (χ2v) is 17.7. The smallest absolute Gasteiger partial charge is 0.417 e. The second kappa shape index (κ2) is 23.3. The number of nitrogens with zero attached hydrogens (tertiary/aromatic N) is 3. The summed E-state index contributed by atoms with van der Waals surface area (Å²) in [7, 11) is 3.01. The van der Waals surface area contributed by atoms with Crippen molar-refractivity contribution in [2.24, 2.45) is 22.9 Å². The van der Waals surface area contributed by atoms with E-state index in [-0.39, 0.29) is 75.2 Å². The zero-order chi connectivity index (χ0) is 50.8. The van der Waals surface area contributed by atoms with Crippen molar-refractivity contribution in [1.29, 1.82) is 0 Å². The van der Waals surface area contributed by atoms with Crippen molar-refractivity contribution in [3.8, 4) is 40.2 Å². The average Bonchev–Trinajstić information content (AvgIpc) is 3.86. The molecule has 19 heteroatoms. The van der Waals surface area contributed by atoms with Crippen LogP contribution >= 0.6 is 0 Å². The highest BCUT2D eigenvalue weighted by molar-refractivity contribution is 6.03. The SMILES string of the molecule is C=CCO[C@@]12Oc3ccc(OC(=O)Nc4ccc(OC)cc4OC)cc3[C@H]3[C@H](CCCCO)[C@@H](CCCCO)C=C(C(=NOCC)C[C@@H]1N(Cc1ccc4c(c1)OCO4)C(=O)Oc1ccc([N+](=O)[O-])cc1)[C@H]32. The lowest BCUT2D eigenvalue weighted by Gasteiger charge is -2.59. The van der Waals surface area contributed by atoms with Gasteiger partial charge in [0, 0.05) is 55.9 Å². The van der Waals surface area contributed by atoms with E-state index in [0.29, 0.717) is 83.4 Å². The van der Waals surface area contributed by atoms with Crippen LogP contribution in [0.1, 0.15) is 68.9 Å². The number of nitro groups is 1. The van der Waals surface area contributed by atoms with Crippen LogP contribution in [-0.4, -0.2) is 97.2 Å². The number of carbonyl (C=O) groups excluding carboxylic acids is 2. The molecule has 8 rings (SSSR count). The molecule has 2 heterocycles. The third kappa shape index (κ3) is 10.9. The fourth-order valence-corrected chi connectivity index (χ4v) is 10.3. The van der Waals surface area contributed by atoms with Crippen molar-refractivity contribution in [3.63, 3.8) is 0 Å². The van der Waals surface area contributed by atoms with Gasteiger partial charge in [-0.1, -0.05) is 36.2 Å². The van der Waals surface area contributed by atoms with Gasteiger partial charge in [-0.05, 0) is 110 Å². The van der Waals surface area contributed by atoms with E-state index >= 15 is 4.79 Å². The summed E-state index contributed by atoms with van der Waals surface area (Å²) in [5.41, 5.74) is 2.87. The van der Waals surface area contributed by atoms with Crippen molar-refractivity contribution in [3.05, 3.63) is 124 Å². The quantitative estimate of drug-likeness (QED) is 0.0288. The minimum Gasteiger partial charge on any atom is -0.497 e. The minimum atomic E-state index is -1.69. The summed E-state index contributed by atoms with van der Waals surface area (Å²) in [5, 5.41) is 39.1. The highest BCUT2D eigenvalue weighted by Gasteiger charge is 2.66. The molecule has 72 heavy (non-hydrogen) atoms. The van der Waals surface area contributed by atoms with E-state index in [1.165, 1.54) is 43.4 Å². The first-order chi connectivity index (χ1) is 35.0. The van der Waals surface area contributed by atoms with Gasteiger partial charge in [0.05, 0.1) is 43.1 Å². The number of aliphatic hydroxyl groups is 2. The molecule has 2 amide bonds. The molecule has 19 nitrogen and oxygen atoms in total. The number of anilines is 1. The van der Waals surface area contributed by atoms with Crippen LogP contribution in [0, 0.1) is 27.9 Å². The summed E-state index contributed by atoms with van der Waals surface area (Å²) in [6.07, 6.45) is 6.16. The molecule has 2 aliphatic heterocycles. The Balaban J connectivity index is 1.29. The van der Waals surface area contributed by atoms with Gasteiger partial charge in [-0.15, -0.1) is 6.58 Å². The topological polar surface area (TPSA) is 228 Å². The molecule has 4 aromatic rings. The Kier molecular flexibility index (Phi) is 16.5. The standard InChI is InChI=1S/C53H60N4O15/c1-5-25-68-53-48(56(31-33-13-21-45-47(26-33)67-32-66-45)52(61)71-36-16-14-35(15-17-36)57(62)63)30-43(55-69-6-2)40-27-34(11-7-9-23-58)39(12-8-10-24-59)49(50(40)53)41-28-38(19-22-44(41)72-53)70-51(60)54-42-20-18-37(64-3)29-46(42)65-4/h5,13-22,26-29,34,39,48-50,58-59H,1,6-12,23-25,30-32H2,2-4H3,(H,54,60)/t34-,39+,48-,49+,50+,53+/m0/s1.